The molecule has 3 rings (SSSR count). The van der Waals surface area contributed by atoms with E-state index in [0.29, 0.717) is 22.0 Å². The molecule has 1 aliphatic heterocycles. The van der Waals surface area contributed by atoms with Crippen LogP contribution in [0.4, 0.5) is 5.69 Å². The van der Waals surface area contributed by atoms with Crippen LogP contribution in [-0.2, 0) is 14.3 Å². The summed E-state index contributed by atoms with van der Waals surface area (Å²) >= 11 is 6.13. The Kier molecular flexibility index (Phi) is 5.76. The van der Waals surface area contributed by atoms with Crippen LogP contribution >= 0.6 is 11.6 Å². The van der Waals surface area contributed by atoms with Crippen molar-refractivity contribution in [1.29, 1.82) is 0 Å². The Morgan fingerprint density at radius 2 is 1.96 bits per heavy atom. The van der Waals surface area contributed by atoms with Gasteiger partial charge in [0.2, 0.25) is 5.91 Å². The minimum Gasteiger partial charge on any atom is -0.497 e. The highest BCUT2D eigenvalue weighted by Crippen LogP contribution is 2.31. The van der Waals surface area contributed by atoms with Crippen molar-refractivity contribution in [2.75, 3.05) is 25.2 Å². The van der Waals surface area contributed by atoms with E-state index >= 15 is 0 Å². The fourth-order valence-electron chi connectivity index (χ4n) is 2.90. The number of benzene rings is 2. The topological polar surface area (TPSA) is 72.9 Å². The van der Waals surface area contributed by atoms with Crippen LogP contribution in [-0.4, -0.2) is 37.9 Å². The SMILES string of the molecule is COc1cccc(C(=O)COC(=O)[C@H]2CC(=O)N(c3ccccc3Cl)C2)c1. The van der Waals surface area contributed by atoms with Crippen LogP contribution < -0.4 is 9.64 Å². The molecular formula is C20H18ClNO5. The average molecular weight is 388 g/mol. The number of hydrogen-bond acceptors (Lipinski definition) is 5. The molecule has 1 saturated heterocycles. The lowest BCUT2D eigenvalue weighted by Crippen LogP contribution is -2.27. The van der Waals surface area contributed by atoms with Gasteiger partial charge in [-0.15, -0.1) is 0 Å². The zero-order valence-electron chi connectivity index (χ0n) is 14.7. The van der Waals surface area contributed by atoms with Gasteiger partial charge < -0.3 is 14.4 Å². The fraction of sp³-hybridized carbons (Fsp3) is 0.250. The number of amides is 1. The predicted octanol–water partition coefficient (Wildman–Crippen LogP) is 3.13. The van der Waals surface area contributed by atoms with Gasteiger partial charge in [0.05, 0.1) is 23.7 Å². The Morgan fingerprint density at radius 1 is 1.19 bits per heavy atom. The van der Waals surface area contributed by atoms with Gasteiger partial charge in [-0.25, -0.2) is 0 Å². The number of methoxy groups -OCH3 is 1. The monoisotopic (exact) mass is 387 g/mol. The van der Waals surface area contributed by atoms with Crippen molar-refractivity contribution >= 4 is 34.9 Å². The van der Waals surface area contributed by atoms with Gasteiger partial charge in [-0.3, -0.25) is 14.4 Å². The second-order valence-corrected chi connectivity index (χ2v) is 6.53. The van der Waals surface area contributed by atoms with E-state index in [2.05, 4.69) is 0 Å². The summed E-state index contributed by atoms with van der Waals surface area (Å²) in [7, 11) is 1.51. The van der Waals surface area contributed by atoms with E-state index in [9.17, 15) is 14.4 Å². The van der Waals surface area contributed by atoms with E-state index in [4.69, 9.17) is 21.1 Å². The molecule has 0 N–H and O–H groups in total. The first kappa shape index (κ1) is 18.9. The van der Waals surface area contributed by atoms with E-state index in [1.165, 1.54) is 12.0 Å². The number of esters is 1. The number of hydrogen-bond donors (Lipinski definition) is 0. The van der Waals surface area contributed by atoms with Crippen molar-refractivity contribution in [3.63, 3.8) is 0 Å². The van der Waals surface area contributed by atoms with Gasteiger partial charge in [0.15, 0.2) is 12.4 Å². The molecule has 140 valence electrons. The Morgan fingerprint density at radius 3 is 2.70 bits per heavy atom. The molecule has 1 fully saturated rings. The summed E-state index contributed by atoms with van der Waals surface area (Å²) in [6.07, 6.45) is 0.0252. The van der Waals surface area contributed by atoms with Gasteiger partial charge in [0.1, 0.15) is 5.75 Å². The lowest BCUT2D eigenvalue weighted by atomic mass is 10.1. The summed E-state index contributed by atoms with van der Waals surface area (Å²) < 4.78 is 10.2. The maximum atomic E-state index is 12.3. The summed E-state index contributed by atoms with van der Waals surface area (Å²) in [5.41, 5.74) is 0.953. The van der Waals surface area contributed by atoms with Crippen molar-refractivity contribution in [2.24, 2.45) is 5.92 Å². The molecule has 2 aromatic rings. The van der Waals surface area contributed by atoms with Crippen LogP contribution in [0.5, 0.6) is 5.75 Å². The fourth-order valence-corrected chi connectivity index (χ4v) is 3.14. The second-order valence-electron chi connectivity index (χ2n) is 6.12. The molecule has 0 bridgehead atoms. The van der Waals surface area contributed by atoms with Crippen LogP contribution in [0.15, 0.2) is 48.5 Å². The molecule has 1 atom stereocenters. The first-order valence-corrected chi connectivity index (χ1v) is 8.76. The standard InChI is InChI=1S/C20H18ClNO5/c1-26-15-6-4-5-13(9-15)18(23)12-27-20(25)14-10-19(24)22(11-14)17-8-3-2-7-16(17)21/h2-9,14H,10-12H2,1H3/t14-/m0/s1. The Bertz CT molecular complexity index is 882. The van der Waals surface area contributed by atoms with Gasteiger partial charge in [0, 0.05) is 18.5 Å². The predicted molar refractivity (Wildman–Crippen MR) is 100 cm³/mol. The third-order valence-corrected chi connectivity index (χ3v) is 4.66. The van der Waals surface area contributed by atoms with E-state index in [-0.39, 0.29) is 31.3 Å². The van der Waals surface area contributed by atoms with Crippen LogP contribution in [0.3, 0.4) is 0 Å². The normalized spacial score (nSPS) is 16.3. The summed E-state index contributed by atoms with van der Waals surface area (Å²) in [6.45, 7) is -0.211. The first-order chi connectivity index (χ1) is 13.0. The molecule has 0 spiro atoms. The number of carbonyl (C=O) groups excluding carboxylic acids is 3. The molecule has 2 aromatic carbocycles. The largest absolute Gasteiger partial charge is 0.497 e. The molecule has 0 aromatic heterocycles. The van der Waals surface area contributed by atoms with Crippen molar-refractivity contribution < 1.29 is 23.9 Å². The van der Waals surface area contributed by atoms with Crippen molar-refractivity contribution in [2.45, 2.75) is 6.42 Å². The van der Waals surface area contributed by atoms with Gasteiger partial charge in [0.25, 0.3) is 0 Å². The molecule has 1 aliphatic rings. The number of rotatable bonds is 6. The lowest BCUT2D eigenvalue weighted by molar-refractivity contribution is -0.147. The molecular weight excluding hydrogens is 370 g/mol. The van der Waals surface area contributed by atoms with Gasteiger partial charge in [-0.05, 0) is 24.3 Å². The van der Waals surface area contributed by atoms with E-state index < -0.39 is 11.9 Å². The third-order valence-electron chi connectivity index (χ3n) is 4.34. The summed E-state index contributed by atoms with van der Waals surface area (Å²) in [5, 5.41) is 0.438. The molecule has 0 aliphatic carbocycles. The molecule has 1 amide bonds. The van der Waals surface area contributed by atoms with E-state index in [0.717, 1.165) is 0 Å². The minimum atomic E-state index is -0.633. The maximum Gasteiger partial charge on any atom is 0.311 e. The zero-order chi connectivity index (χ0) is 19.4. The number of Topliss-reactive ketones (excluding diaryl/α,β-unsaturated/α-hetero) is 1. The van der Waals surface area contributed by atoms with Crippen molar-refractivity contribution in [1.82, 2.24) is 0 Å². The molecule has 6 nitrogen and oxygen atoms in total. The number of halogens is 1. The highest BCUT2D eigenvalue weighted by atomic mass is 35.5. The number of nitrogens with zero attached hydrogens (tertiary/aromatic N) is 1. The zero-order valence-corrected chi connectivity index (χ0v) is 15.4. The molecule has 0 radical (unpaired) electrons. The van der Waals surface area contributed by atoms with Crippen LogP contribution in [0.25, 0.3) is 0 Å². The highest BCUT2D eigenvalue weighted by Gasteiger charge is 2.37. The molecule has 0 unspecified atom stereocenters. The number of ketones is 1. The molecule has 0 saturated carbocycles. The summed E-state index contributed by atoms with van der Waals surface area (Å²) in [4.78, 5) is 38.2. The number of para-hydroxylation sites is 1. The molecule has 1 heterocycles. The van der Waals surface area contributed by atoms with Crippen molar-refractivity contribution in [3.8, 4) is 5.75 Å². The van der Waals surface area contributed by atoms with Crippen molar-refractivity contribution in [3.05, 3.63) is 59.1 Å². The molecule has 7 heteroatoms. The highest BCUT2D eigenvalue weighted by molar-refractivity contribution is 6.33. The van der Waals surface area contributed by atoms with E-state index in [1.54, 1.807) is 48.5 Å². The van der Waals surface area contributed by atoms with Gasteiger partial charge in [-0.2, -0.15) is 0 Å². The molecule has 27 heavy (non-hydrogen) atoms. The van der Waals surface area contributed by atoms with Crippen LogP contribution in [0, 0.1) is 5.92 Å². The lowest BCUT2D eigenvalue weighted by Gasteiger charge is -2.17. The smallest absolute Gasteiger partial charge is 0.311 e. The third kappa shape index (κ3) is 4.28. The quantitative estimate of drug-likeness (QED) is 0.562. The summed E-state index contributed by atoms with van der Waals surface area (Å²) in [6, 6.07) is 13.5. The number of anilines is 1. The average Bonchev–Trinajstić information content (AvgIpc) is 3.07. The first-order valence-electron chi connectivity index (χ1n) is 8.38. The van der Waals surface area contributed by atoms with Gasteiger partial charge >= 0.3 is 5.97 Å². The van der Waals surface area contributed by atoms with Gasteiger partial charge in [-0.1, -0.05) is 35.9 Å². The number of ether oxygens (including phenoxy) is 2. The van der Waals surface area contributed by atoms with Crippen LogP contribution in [0.2, 0.25) is 5.02 Å². The minimum absolute atomic E-state index is 0.0252. The summed E-state index contributed by atoms with van der Waals surface area (Å²) in [5.74, 6) is -1.20. The number of carbonyl (C=O) groups is 3. The Hall–Kier alpha value is -2.86. The second kappa shape index (κ2) is 8.22. The van der Waals surface area contributed by atoms with E-state index in [1.807, 2.05) is 0 Å². The maximum absolute atomic E-state index is 12.3. The Labute approximate surface area is 161 Å². The Balaban J connectivity index is 1.59. The van der Waals surface area contributed by atoms with Crippen LogP contribution in [0.1, 0.15) is 16.8 Å².